The van der Waals surface area contributed by atoms with E-state index in [0.29, 0.717) is 17.9 Å². The van der Waals surface area contributed by atoms with Gasteiger partial charge in [-0.05, 0) is 25.0 Å². The molecule has 3 amide bonds. The van der Waals surface area contributed by atoms with E-state index in [1.165, 1.54) is 12.1 Å². The highest BCUT2D eigenvalue weighted by molar-refractivity contribution is 6.42. The first-order valence-electron chi connectivity index (χ1n) is 8.88. The molecule has 0 unspecified atom stereocenters. The Kier molecular flexibility index (Phi) is 6.82. The molecule has 29 heavy (non-hydrogen) atoms. The lowest BCUT2D eigenvalue weighted by molar-refractivity contribution is -0.148. The van der Waals surface area contributed by atoms with Crippen LogP contribution in [-0.4, -0.2) is 41.7 Å². The Morgan fingerprint density at radius 3 is 2.14 bits per heavy atom. The molecule has 10 heteroatoms. The summed E-state index contributed by atoms with van der Waals surface area (Å²) >= 11 is 17.8. The summed E-state index contributed by atoms with van der Waals surface area (Å²) in [5.41, 5.74) is 0.156. The van der Waals surface area contributed by atoms with Gasteiger partial charge in [-0.2, -0.15) is 0 Å². The zero-order chi connectivity index (χ0) is 21.1. The first-order valence-corrected chi connectivity index (χ1v) is 10.0. The second-order valence-electron chi connectivity index (χ2n) is 6.69. The maximum atomic E-state index is 12.3. The van der Waals surface area contributed by atoms with Crippen molar-refractivity contribution in [1.82, 2.24) is 4.90 Å². The van der Waals surface area contributed by atoms with Crippen LogP contribution in [0.2, 0.25) is 15.1 Å². The van der Waals surface area contributed by atoms with Crippen molar-refractivity contribution in [2.75, 3.05) is 18.5 Å². The summed E-state index contributed by atoms with van der Waals surface area (Å²) in [4.78, 5) is 49.7. The van der Waals surface area contributed by atoms with E-state index in [-0.39, 0.29) is 52.3 Å². The number of anilines is 1. The standard InChI is InChI=1S/C19H17Cl3N2O5/c20-10-7-13(21)17(14(22)8-10)23-15(25)9-29-16(26)5-6-24-18(27)11-3-1-2-4-12(11)19(24)28/h1-2,7-8,11-12H,3-6,9H2,(H,23,25)/t11-,12+. The number of hydrogen-bond acceptors (Lipinski definition) is 5. The van der Waals surface area contributed by atoms with Crippen molar-refractivity contribution in [2.24, 2.45) is 11.8 Å². The summed E-state index contributed by atoms with van der Waals surface area (Å²) in [7, 11) is 0. The van der Waals surface area contributed by atoms with Gasteiger partial charge >= 0.3 is 5.97 Å². The fourth-order valence-corrected chi connectivity index (χ4v) is 4.26. The maximum Gasteiger partial charge on any atom is 0.308 e. The minimum absolute atomic E-state index is 0.0695. The molecule has 2 aliphatic rings. The number of imide groups is 1. The Hall–Kier alpha value is -2.09. The molecule has 1 N–H and O–H groups in total. The topological polar surface area (TPSA) is 92.8 Å². The fourth-order valence-electron chi connectivity index (χ4n) is 3.35. The number of benzene rings is 1. The van der Waals surface area contributed by atoms with Gasteiger partial charge in [0.15, 0.2) is 6.61 Å². The van der Waals surface area contributed by atoms with Gasteiger partial charge in [-0.15, -0.1) is 0 Å². The number of ether oxygens (including phenoxy) is 1. The highest BCUT2D eigenvalue weighted by Gasteiger charge is 2.46. The molecular formula is C19H17Cl3N2O5. The number of hydrogen-bond donors (Lipinski definition) is 1. The maximum absolute atomic E-state index is 12.3. The molecule has 1 fully saturated rings. The number of amides is 3. The van der Waals surface area contributed by atoms with E-state index < -0.39 is 18.5 Å². The molecule has 1 aromatic carbocycles. The van der Waals surface area contributed by atoms with Gasteiger partial charge in [0.2, 0.25) is 11.8 Å². The molecule has 154 valence electrons. The van der Waals surface area contributed by atoms with E-state index in [4.69, 9.17) is 39.5 Å². The second kappa shape index (κ2) is 9.15. The van der Waals surface area contributed by atoms with Gasteiger partial charge in [-0.1, -0.05) is 47.0 Å². The number of carbonyl (C=O) groups is 4. The number of esters is 1. The molecule has 2 atom stereocenters. The van der Waals surface area contributed by atoms with Crippen molar-refractivity contribution in [3.8, 4) is 0 Å². The molecule has 0 aromatic heterocycles. The number of nitrogens with zero attached hydrogens (tertiary/aromatic N) is 1. The van der Waals surface area contributed by atoms with Crippen molar-refractivity contribution in [3.63, 3.8) is 0 Å². The molecule has 3 rings (SSSR count). The van der Waals surface area contributed by atoms with E-state index in [9.17, 15) is 19.2 Å². The SMILES string of the molecule is O=C(COC(=O)CCN1C(=O)[C@H]2CC=CC[C@H]2C1=O)Nc1c(Cl)cc(Cl)cc1Cl. The van der Waals surface area contributed by atoms with Gasteiger partial charge in [0.1, 0.15) is 0 Å². The molecule has 1 aliphatic heterocycles. The van der Waals surface area contributed by atoms with Crippen LogP contribution in [0, 0.1) is 11.8 Å². The van der Waals surface area contributed by atoms with Crippen LogP contribution >= 0.6 is 34.8 Å². The number of nitrogens with one attached hydrogen (secondary N) is 1. The smallest absolute Gasteiger partial charge is 0.308 e. The van der Waals surface area contributed by atoms with Crippen LogP contribution < -0.4 is 5.32 Å². The molecule has 0 saturated carbocycles. The molecule has 1 aliphatic carbocycles. The van der Waals surface area contributed by atoms with Gasteiger partial charge in [0, 0.05) is 11.6 Å². The van der Waals surface area contributed by atoms with Crippen molar-refractivity contribution in [1.29, 1.82) is 0 Å². The molecular weight excluding hydrogens is 443 g/mol. The zero-order valence-corrected chi connectivity index (χ0v) is 17.4. The van der Waals surface area contributed by atoms with Gasteiger partial charge in [-0.3, -0.25) is 24.1 Å². The molecule has 0 spiro atoms. The van der Waals surface area contributed by atoms with Gasteiger partial charge in [0.05, 0.1) is 34.0 Å². The molecule has 1 saturated heterocycles. The minimum atomic E-state index is -0.706. The number of likely N-dealkylation sites (tertiary alicyclic amines) is 1. The predicted molar refractivity (Wildman–Crippen MR) is 108 cm³/mol. The lowest BCUT2D eigenvalue weighted by Crippen LogP contribution is -2.33. The first-order chi connectivity index (χ1) is 13.8. The van der Waals surface area contributed by atoms with E-state index >= 15 is 0 Å². The van der Waals surface area contributed by atoms with Crippen molar-refractivity contribution in [2.45, 2.75) is 19.3 Å². The average Bonchev–Trinajstić information content (AvgIpc) is 2.92. The Bertz CT molecular complexity index is 853. The van der Waals surface area contributed by atoms with Crippen molar-refractivity contribution < 1.29 is 23.9 Å². The van der Waals surface area contributed by atoms with Gasteiger partial charge in [0.25, 0.3) is 5.91 Å². The number of rotatable bonds is 6. The number of allylic oxidation sites excluding steroid dienone is 2. The lowest BCUT2D eigenvalue weighted by atomic mass is 9.85. The zero-order valence-electron chi connectivity index (χ0n) is 15.1. The van der Waals surface area contributed by atoms with Crippen LogP contribution in [0.3, 0.4) is 0 Å². The van der Waals surface area contributed by atoms with Crippen LogP contribution in [-0.2, 0) is 23.9 Å². The Morgan fingerprint density at radius 1 is 1.03 bits per heavy atom. The van der Waals surface area contributed by atoms with Crippen LogP contribution in [0.1, 0.15) is 19.3 Å². The molecule has 7 nitrogen and oxygen atoms in total. The predicted octanol–water partition coefficient (Wildman–Crippen LogP) is 3.47. The third-order valence-corrected chi connectivity index (χ3v) is 5.59. The molecule has 0 radical (unpaired) electrons. The highest BCUT2D eigenvalue weighted by Crippen LogP contribution is 2.35. The van der Waals surface area contributed by atoms with Crippen molar-refractivity contribution in [3.05, 3.63) is 39.4 Å². The molecule has 1 heterocycles. The second-order valence-corrected chi connectivity index (χ2v) is 7.94. The van der Waals surface area contributed by atoms with Crippen LogP contribution in [0.15, 0.2) is 24.3 Å². The van der Waals surface area contributed by atoms with Gasteiger partial charge < -0.3 is 10.1 Å². The lowest BCUT2D eigenvalue weighted by Gasteiger charge is -2.14. The first kappa shape index (κ1) is 21.6. The third kappa shape index (κ3) is 4.91. The number of carbonyl (C=O) groups excluding carboxylic acids is 4. The van der Waals surface area contributed by atoms with Crippen LogP contribution in [0.25, 0.3) is 0 Å². The average molecular weight is 460 g/mol. The minimum Gasteiger partial charge on any atom is -0.456 e. The van der Waals surface area contributed by atoms with E-state index in [1.54, 1.807) is 0 Å². The Balaban J connectivity index is 1.46. The highest BCUT2D eigenvalue weighted by atomic mass is 35.5. The van der Waals surface area contributed by atoms with Crippen LogP contribution in [0.4, 0.5) is 5.69 Å². The fraction of sp³-hybridized carbons (Fsp3) is 0.368. The van der Waals surface area contributed by atoms with Gasteiger partial charge in [-0.25, -0.2) is 0 Å². The van der Waals surface area contributed by atoms with E-state index in [1.807, 2.05) is 12.2 Å². The Morgan fingerprint density at radius 2 is 1.59 bits per heavy atom. The normalized spacial score (nSPS) is 20.6. The number of fused-ring (bicyclic) bond motifs is 1. The van der Waals surface area contributed by atoms with Crippen LogP contribution in [0.5, 0.6) is 0 Å². The summed E-state index contributed by atoms with van der Waals surface area (Å²) in [6.07, 6.45) is 4.66. The van der Waals surface area contributed by atoms with E-state index in [2.05, 4.69) is 5.32 Å². The summed E-state index contributed by atoms with van der Waals surface area (Å²) in [5, 5.41) is 3.04. The third-order valence-electron chi connectivity index (χ3n) is 4.77. The summed E-state index contributed by atoms with van der Waals surface area (Å²) in [5.74, 6) is -2.56. The molecule has 1 aromatic rings. The Labute approximate surface area is 181 Å². The van der Waals surface area contributed by atoms with Crippen molar-refractivity contribution >= 4 is 64.2 Å². The monoisotopic (exact) mass is 458 g/mol. The van der Waals surface area contributed by atoms with E-state index in [0.717, 1.165) is 4.90 Å². The summed E-state index contributed by atoms with van der Waals surface area (Å²) in [6.45, 7) is -0.634. The molecule has 0 bridgehead atoms. The summed E-state index contributed by atoms with van der Waals surface area (Å²) in [6, 6.07) is 2.82. The number of halogens is 3. The quantitative estimate of drug-likeness (QED) is 0.399. The summed E-state index contributed by atoms with van der Waals surface area (Å²) < 4.78 is 4.90. The largest absolute Gasteiger partial charge is 0.456 e.